The van der Waals surface area contributed by atoms with Crippen LogP contribution >= 0.6 is 0 Å². The molecule has 0 radical (unpaired) electrons. The summed E-state index contributed by atoms with van der Waals surface area (Å²) >= 11 is 0. The molecule has 0 bridgehead atoms. The van der Waals surface area contributed by atoms with Crippen LogP contribution in [0.4, 0.5) is 0 Å². The number of aryl methyl sites for hydroxylation is 1. The predicted octanol–water partition coefficient (Wildman–Crippen LogP) is 5.81. The quantitative estimate of drug-likeness (QED) is 0.299. The Balaban J connectivity index is 1.83. The number of aldehydes is 1. The molecule has 1 aliphatic carbocycles. The van der Waals surface area contributed by atoms with Gasteiger partial charge in [-0.2, -0.15) is 0 Å². The summed E-state index contributed by atoms with van der Waals surface area (Å²) in [5.41, 5.74) is 3.78. The maximum Gasteiger partial charge on any atom is 0.345 e. The highest BCUT2D eigenvalue weighted by Crippen LogP contribution is 2.49. The second-order valence-corrected chi connectivity index (χ2v) is 8.94. The summed E-state index contributed by atoms with van der Waals surface area (Å²) in [4.78, 5) is 24.7. The summed E-state index contributed by atoms with van der Waals surface area (Å²) in [6.45, 7) is 2.67. The predicted molar refractivity (Wildman–Crippen MR) is 130 cm³/mol. The van der Waals surface area contributed by atoms with E-state index in [4.69, 9.17) is 14.2 Å². The van der Waals surface area contributed by atoms with Crippen molar-refractivity contribution in [3.8, 4) is 11.5 Å². The van der Waals surface area contributed by atoms with Crippen molar-refractivity contribution in [2.24, 2.45) is 0 Å². The Labute approximate surface area is 200 Å². The first-order valence-corrected chi connectivity index (χ1v) is 11.6. The number of esters is 1. The Morgan fingerprint density at radius 2 is 1.59 bits per heavy atom. The maximum absolute atomic E-state index is 13.1. The zero-order valence-electron chi connectivity index (χ0n) is 19.7. The second kappa shape index (κ2) is 10.6. The standard InChI is InChI=1S/C29H30O5/c1-29(16-17-30)15-9-14-23-18-24(33-19-21-10-5-3-6-11-21)25(28(31)32-2)27(26(23)29)34-20-22-12-7-4-8-13-22/h3-8,10-13,17-18H,9,14-16,19-20H2,1-2H3/t29-/m1/s1. The molecule has 0 amide bonds. The van der Waals surface area contributed by atoms with Crippen LogP contribution in [0.15, 0.2) is 66.7 Å². The van der Waals surface area contributed by atoms with Gasteiger partial charge in [-0.05, 0) is 42.0 Å². The van der Waals surface area contributed by atoms with Crippen molar-refractivity contribution < 1.29 is 23.8 Å². The van der Waals surface area contributed by atoms with Crippen molar-refractivity contribution >= 4 is 12.3 Å². The Kier molecular flexibility index (Phi) is 7.31. The smallest absolute Gasteiger partial charge is 0.345 e. The fourth-order valence-corrected chi connectivity index (χ4v) is 4.74. The van der Waals surface area contributed by atoms with Gasteiger partial charge in [0.05, 0.1) is 7.11 Å². The highest BCUT2D eigenvalue weighted by Gasteiger charge is 2.39. The topological polar surface area (TPSA) is 61.8 Å². The van der Waals surface area contributed by atoms with Crippen LogP contribution in [0.2, 0.25) is 0 Å². The van der Waals surface area contributed by atoms with Crippen molar-refractivity contribution in [1.29, 1.82) is 0 Å². The average molecular weight is 459 g/mol. The van der Waals surface area contributed by atoms with Crippen molar-refractivity contribution in [1.82, 2.24) is 0 Å². The molecule has 3 aromatic carbocycles. The largest absolute Gasteiger partial charge is 0.488 e. The van der Waals surface area contributed by atoms with Crippen molar-refractivity contribution in [3.05, 3.63) is 94.5 Å². The maximum atomic E-state index is 13.1. The lowest BCUT2D eigenvalue weighted by atomic mass is 9.68. The SMILES string of the molecule is COC(=O)c1c(OCc2ccccc2)cc2c(c1OCc1ccccc1)[C@@](C)(CC=O)CCC2. The molecule has 34 heavy (non-hydrogen) atoms. The molecule has 176 valence electrons. The van der Waals surface area contributed by atoms with E-state index in [0.29, 0.717) is 24.5 Å². The number of methoxy groups -OCH3 is 1. The number of benzene rings is 3. The third-order valence-electron chi connectivity index (χ3n) is 6.49. The van der Waals surface area contributed by atoms with E-state index in [1.165, 1.54) is 7.11 Å². The zero-order chi connectivity index (χ0) is 24.0. The van der Waals surface area contributed by atoms with Gasteiger partial charge < -0.3 is 19.0 Å². The first-order valence-electron chi connectivity index (χ1n) is 11.6. The summed E-state index contributed by atoms with van der Waals surface area (Å²) in [6.07, 6.45) is 3.92. The van der Waals surface area contributed by atoms with E-state index in [1.54, 1.807) is 0 Å². The van der Waals surface area contributed by atoms with E-state index in [2.05, 4.69) is 6.92 Å². The van der Waals surface area contributed by atoms with Crippen LogP contribution in [0.25, 0.3) is 0 Å². The third-order valence-corrected chi connectivity index (χ3v) is 6.49. The van der Waals surface area contributed by atoms with Crippen LogP contribution in [0.1, 0.15) is 58.8 Å². The van der Waals surface area contributed by atoms with Gasteiger partial charge >= 0.3 is 5.97 Å². The fraction of sp³-hybridized carbons (Fsp3) is 0.310. The highest BCUT2D eigenvalue weighted by molar-refractivity contribution is 5.97. The number of hydrogen-bond donors (Lipinski definition) is 0. The number of ether oxygens (including phenoxy) is 3. The van der Waals surface area contributed by atoms with E-state index < -0.39 is 11.4 Å². The van der Waals surface area contributed by atoms with Crippen LogP contribution in [-0.2, 0) is 34.6 Å². The lowest BCUT2D eigenvalue weighted by Gasteiger charge is -2.37. The molecule has 0 unspecified atom stereocenters. The van der Waals surface area contributed by atoms with Crippen LogP contribution in [-0.4, -0.2) is 19.4 Å². The molecule has 0 saturated heterocycles. The Hall–Kier alpha value is -3.60. The number of carbonyl (C=O) groups is 2. The molecule has 0 spiro atoms. The van der Waals surface area contributed by atoms with Crippen LogP contribution in [0.3, 0.4) is 0 Å². The Bertz CT molecular complexity index is 1140. The third kappa shape index (κ3) is 4.98. The summed E-state index contributed by atoms with van der Waals surface area (Å²) in [5, 5.41) is 0. The van der Waals surface area contributed by atoms with Crippen LogP contribution < -0.4 is 9.47 Å². The molecule has 5 nitrogen and oxygen atoms in total. The Morgan fingerprint density at radius 3 is 2.18 bits per heavy atom. The van der Waals surface area contributed by atoms with E-state index in [-0.39, 0.29) is 12.2 Å². The van der Waals surface area contributed by atoms with Gasteiger partial charge in [0.15, 0.2) is 0 Å². The Morgan fingerprint density at radius 1 is 0.971 bits per heavy atom. The van der Waals surface area contributed by atoms with Gasteiger partial charge in [-0.15, -0.1) is 0 Å². The number of hydrogen-bond acceptors (Lipinski definition) is 5. The van der Waals surface area contributed by atoms with Gasteiger partial charge in [0.2, 0.25) is 0 Å². The summed E-state index contributed by atoms with van der Waals surface area (Å²) in [7, 11) is 1.36. The summed E-state index contributed by atoms with van der Waals surface area (Å²) in [5.74, 6) is 0.376. The van der Waals surface area contributed by atoms with Crippen molar-refractivity contribution in [2.45, 2.75) is 51.2 Å². The van der Waals surface area contributed by atoms with E-state index in [0.717, 1.165) is 47.8 Å². The molecule has 0 aliphatic heterocycles. The van der Waals surface area contributed by atoms with Crippen LogP contribution in [0.5, 0.6) is 11.5 Å². The van der Waals surface area contributed by atoms with Crippen molar-refractivity contribution in [2.75, 3.05) is 7.11 Å². The van der Waals surface area contributed by atoms with E-state index >= 15 is 0 Å². The van der Waals surface area contributed by atoms with Gasteiger partial charge in [0.25, 0.3) is 0 Å². The molecule has 0 heterocycles. The molecule has 0 saturated carbocycles. The molecule has 1 atom stereocenters. The molecular weight excluding hydrogens is 428 g/mol. The molecule has 0 N–H and O–H groups in total. The minimum Gasteiger partial charge on any atom is -0.488 e. The van der Waals surface area contributed by atoms with Gasteiger partial charge in [0, 0.05) is 17.4 Å². The molecule has 1 aliphatic rings. The molecular formula is C29H30O5. The fourth-order valence-electron chi connectivity index (χ4n) is 4.74. The first-order chi connectivity index (χ1) is 16.6. The molecule has 0 fully saturated rings. The highest BCUT2D eigenvalue weighted by atomic mass is 16.5. The molecule has 4 rings (SSSR count). The normalized spacial score (nSPS) is 16.9. The monoisotopic (exact) mass is 458 g/mol. The summed E-state index contributed by atoms with van der Waals surface area (Å²) in [6, 6.07) is 21.5. The summed E-state index contributed by atoms with van der Waals surface area (Å²) < 4.78 is 17.7. The van der Waals surface area contributed by atoms with E-state index in [1.807, 2.05) is 66.7 Å². The lowest BCUT2D eigenvalue weighted by Crippen LogP contribution is -2.30. The molecule has 3 aromatic rings. The van der Waals surface area contributed by atoms with Crippen LogP contribution in [0, 0.1) is 0 Å². The second-order valence-electron chi connectivity index (χ2n) is 8.94. The average Bonchev–Trinajstić information content (AvgIpc) is 2.86. The first kappa shape index (κ1) is 23.6. The van der Waals surface area contributed by atoms with Gasteiger partial charge in [-0.1, -0.05) is 67.6 Å². The van der Waals surface area contributed by atoms with Gasteiger partial charge in [-0.3, -0.25) is 0 Å². The van der Waals surface area contributed by atoms with Crippen molar-refractivity contribution in [3.63, 3.8) is 0 Å². The van der Waals surface area contributed by atoms with Gasteiger partial charge in [0.1, 0.15) is 36.6 Å². The number of carbonyl (C=O) groups excluding carboxylic acids is 2. The van der Waals surface area contributed by atoms with E-state index in [9.17, 15) is 9.59 Å². The van der Waals surface area contributed by atoms with Gasteiger partial charge in [-0.25, -0.2) is 4.79 Å². The lowest BCUT2D eigenvalue weighted by molar-refractivity contribution is -0.108. The minimum atomic E-state index is -0.520. The molecule has 0 aromatic heterocycles. The number of rotatable bonds is 9. The minimum absolute atomic E-state index is 0.270. The zero-order valence-corrected chi connectivity index (χ0v) is 19.7. The molecule has 5 heteroatoms. The number of fused-ring (bicyclic) bond motifs is 1.